The monoisotopic (exact) mass is 1000 g/mol. The summed E-state index contributed by atoms with van der Waals surface area (Å²) in [5.74, 6) is 4.68. The molecule has 382 valence electrons. The van der Waals surface area contributed by atoms with Crippen LogP contribution in [0.1, 0.15) is 153 Å². The van der Waals surface area contributed by atoms with Gasteiger partial charge in [-0.05, 0) is 241 Å². The first-order valence-electron chi connectivity index (χ1n) is 26.3. The quantitative estimate of drug-likeness (QED) is 0.0747. The predicted octanol–water partition coefficient (Wildman–Crippen LogP) is 13.0. The van der Waals surface area contributed by atoms with Crippen molar-refractivity contribution in [2.24, 2.45) is 11.8 Å². The van der Waals surface area contributed by atoms with Gasteiger partial charge in [-0.3, -0.25) is 0 Å². The van der Waals surface area contributed by atoms with Gasteiger partial charge in [0.2, 0.25) is 0 Å². The van der Waals surface area contributed by atoms with Crippen LogP contribution in [0.4, 0.5) is 0 Å². The van der Waals surface area contributed by atoms with E-state index in [2.05, 4.69) is 69.8 Å². The maximum absolute atomic E-state index is 6.55. The SMILES string of the molecule is C[C@H](Cc1ccc(OCCCCN2CCCCC2)c(OCCCCN2CCCCC2)c1)[C@@H](C)Cc1ccc(OCCCCN2CCCCC2)c(OCCCCN2CCCCC2)c1.Cl.Cl.Cl.Cl. The van der Waals surface area contributed by atoms with Crippen molar-refractivity contribution in [3.63, 3.8) is 0 Å². The summed E-state index contributed by atoms with van der Waals surface area (Å²) in [7, 11) is 0. The lowest BCUT2D eigenvalue weighted by molar-refractivity contribution is 0.209. The fourth-order valence-electron chi connectivity index (χ4n) is 10.2. The Morgan fingerprint density at radius 1 is 0.348 bits per heavy atom. The molecule has 8 nitrogen and oxygen atoms in total. The lowest BCUT2D eigenvalue weighted by Gasteiger charge is -2.26. The third-order valence-electron chi connectivity index (χ3n) is 14.4. The topological polar surface area (TPSA) is 49.9 Å². The lowest BCUT2D eigenvalue weighted by Crippen LogP contribution is -2.30. The Bertz CT molecular complexity index is 1380. The second kappa shape index (κ2) is 36.6. The Morgan fingerprint density at radius 3 is 0.879 bits per heavy atom. The van der Waals surface area contributed by atoms with Crippen LogP contribution in [-0.2, 0) is 12.8 Å². The van der Waals surface area contributed by atoms with Crippen molar-refractivity contribution in [2.75, 3.05) is 105 Å². The molecule has 2 aromatic rings. The first kappa shape index (κ1) is 60.8. The minimum Gasteiger partial charge on any atom is -0.490 e. The van der Waals surface area contributed by atoms with Gasteiger partial charge >= 0.3 is 0 Å². The summed E-state index contributed by atoms with van der Waals surface area (Å²) >= 11 is 0. The van der Waals surface area contributed by atoms with Crippen molar-refractivity contribution in [1.29, 1.82) is 0 Å². The van der Waals surface area contributed by atoms with Gasteiger partial charge in [0.25, 0.3) is 0 Å². The summed E-state index contributed by atoms with van der Waals surface area (Å²) in [6.45, 7) is 22.7. The number of benzene rings is 2. The van der Waals surface area contributed by atoms with Crippen molar-refractivity contribution >= 4 is 49.6 Å². The van der Waals surface area contributed by atoms with Gasteiger partial charge in [-0.15, -0.1) is 49.6 Å². The highest BCUT2D eigenvalue weighted by Gasteiger charge is 2.19. The summed E-state index contributed by atoms with van der Waals surface area (Å²) in [5.41, 5.74) is 2.67. The van der Waals surface area contributed by atoms with Crippen LogP contribution >= 0.6 is 49.6 Å². The van der Waals surface area contributed by atoms with E-state index in [0.29, 0.717) is 11.8 Å². The third-order valence-corrected chi connectivity index (χ3v) is 14.4. The van der Waals surface area contributed by atoms with Gasteiger partial charge in [0.05, 0.1) is 26.4 Å². The molecule has 4 fully saturated rings. The number of ether oxygens (including phenoxy) is 4. The molecule has 4 heterocycles. The van der Waals surface area contributed by atoms with Gasteiger partial charge < -0.3 is 38.5 Å². The first-order chi connectivity index (χ1) is 30.6. The van der Waals surface area contributed by atoms with Crippen LogP contribution in [0.25, 0.3) is 0 Å². The molecule has 6 rings (SSSR count). The molecule has 0 unspecified atom stereocenters. The zero-order valence-electron chi connectivity index (χ0n) is 41.5. The number of rotatable bonds is 29. The van der Waals surface area contributed by atoms with E-state index in [-0.39, 0.29) is 49.6 Å². The van der Waals surface area contributed by atoms with E-state index in [4.69, 9.17) is 18.9 Å². The van der Waals surface area contributed by atoms with E-state index in [1.807, 2.05) is 0 Å². The minimum atomic E-state index is 0. The molecule has 0 N–H and O–H groups in total. The van der Waals surface area contributed by atoms with Gasteiger partial charge in [0, 0.05) is 0 Å². The summed E-state index contributed by atoms with van der Waals surface area (Å²) in [6.07, 6.45) is 27.6. The van der Waals surface area contributed by atoms with E-state index in [9.17, 15) is 0 Å². The van der Waals surface area contributed by atoms with Gasteiger partial charge in [0.15, 0.2) is 23.0 Å². The summed E-state index contributed by atoms with van der Waals surface area (Å²) in [4.78, 5) is 10.5. The molecule has 0 aromatic heterocycles. The Kier molecular flexibility index (Phi) is 33.7. The van der Waals surface area contributed by atoms with Crippen LogP contribution in [0.2, 0.25) is 0 Å². The number of hydrogen-bond donors (Lipinski definition) is 0. The zero-order valence-corrected chi connectivity index (χ0v) is 44.8. The molecule has 0 amide bonds. The van der Waals surface area contributed by atoms with Crippen molar-refractivity contribution in [3.05, 3.63) is 47.5 Å². The number of likely N-dealkylation sites (tertiary alicyclic amines) is 4. The molecule has 0 saturated carbocycles. The summed E-state index contributed by atoms with van der Waals surface area (Å²) < 4.78 is 26.0. The van der Waals surface area contributed by atoms with Gasteiger partial charge in [0.1, 0.15) is 0 Å². The fourth-order valence-corrected chi connectivity index (χ4v) is 10.2. The van der Waals surface area contributed by atoms with E-state index in [1.165, 1.54) is 192 Å². The highest BCUT2D eigenvalue weighted by atomic mass is 35.5. The molecule has 4 aliphatic rings. The molecule has 2 atom stereocenters. The summed E-state index contributed by atoms with van der Waals surface area (Å²) in [5, 5.41) is 0. The summed E-state index contributed by atoms with van der Waals surface area (Å²) in [6, 6.07) is 13.5. The fraction of sp³-hybridized carbons (Fsp3) is 0.778. The van der Waals surface area contributed by atoms with Crippen LogP contribution in [0.15, 0.2) is 36.4 Å². The molecule has 12 heteroatoms. The average molecular weight is 1010 g/mol. The minimum absolute atomic E-state index is 0. The molecule has 2 aromatic carbocycles. The van der Waals surface area contributed by atoms with Crippen molar-refractivity contribution in [2.45, 2.75) is 155 Å². The van der Waals surface area contributed by atoms with Crippen LogP contribution in [0.5, 0.6) is 23.0 Å². The van der Waals surface area contributed by atoms with E-state index < -0.39 is 0 Å². The van der Waals surface area contributed by atoms with Crippen molar-refractivity contribution < 1.29 is 18.9 Å². The zero-order chi connectivity index (χ0) is 42.9. The molecule has 4 aliphatic heterocycles. The molecular weight excluding hydrogens is 910 g/mol. The van der Waals surface area contributed by atoms with Gasteiger partial charge in [-0.1, -0.05) is 51.7 Å². The number of nitrogens with zero attached hydrogens (tertiary/aromatic N) is 4. The van der Waals surface area contributed by atoms with Crippen LogP contribution in [-0.4, -0.2) is 125 Å². The van der Waals surface area contributed by atoms with Crippen molar-refractivity contribution in [3.8, 4) is 23.0 Å². The Hall–Kier alpha value is -1.36. The molecule has 0 radical (unpaired) electrons. The largest absolute Gasteiger partial charge is 0.490 e. The number of unbranched alkanes of at least 4 members (excludes halogenated alkanes) is 4. The maximum Gasteiger partial charge on any atom is 0.161 e. The average Bonchev–Trinajstić information content (AvgIpc) is 3.31. The standard InChI is InChI=1S/C54H90N4O4.4ClH/c1-47(43-49-23-25-51(59-39-19-15-35-55-27-7-3-8-28-55)53(45-49)61-41-21-17-37-57-31-11-5-12-32-57)48(2)44-50-24-26-52(60-40-20-16-36-56-29-9-4-10-30-56)54(46-50)62-42-22-18-38-58-33-13-6-14-34-58;;;;/h23-26,45-48H,3-22,27-44H2,1-2H3;4*1H/t47-,48+;;;;. The number of halogens is 4. The highest BCUT2D eigenvalue weighted by molar-refractivity contribution is 5.86. The molecule has 4 saturated heterocycles. The Balaban J connectivity index is 0.00000374. The normalized spacial score (nSPS) is 18.4. The molecular formula is C54H94Cl4N4O4. The van der Waals surface area contributed by atoms with Gasteiger partial charge in [-0.2, -0.15) is 0 Å². The predicted molar refractivity (Wildman–Crippen MR) is 288 cm³/mol. The molecule has 0 aliphatic carbocycles. The van der Waals surface area contributed by atoms with E-state index in [1.54, 1.807) is 0 Å². The smallest absolute Gasteiger partial charge is 0.161 e. The Morgan fingerprint density at radius 2 is 0.606 bits per heavy atom. The van der Waals surface area contributed by atoms with E-state index in [0.717, 1.165) is 88.0 Å². The maximum atomic E-state index is 6.55. The van der Waals surface area contributed by atoms with Crippen LogP contribution in [0, 0.1) is 11.8 Å². The first-order valence-corrected chi connectivity index (χ1v) is 26.3. The molecule has 0 bridgehead atoms. The highest BCUT2D eigenvalue weighted by Crippen LogP contribution is 2.34. The van der Waals surface area contributed by atoms with Crippen LogP contribution in [0.3, 0.4) is 0 Å². The van der Waals surface area contributed by atoms with Gasteiger partial charge in [-0.25, -0.2) is 0 Å². The Labute approximate surface area is 428 Å². The number of hydrogen-bond acceptors (Lipinski definition) is 8. The van der Waals surface area contributed by atoms with Crippen LogP contribution < -0.4 is 18.9 Å². The molecule has 0 spiro atoms. The van der Waals surface area contributed by atoms with Crippen molar-refractivity contribution in [1.82, 2.24) is 19.6 Å². The second-order valence-corrected chi connectivity index (χ2v) is 19.8. The number of piperidine rings is 4. The molecule has 66 heavy (non-hydrogen) atoms. The van der Waals surface area contributed by atoms with E-state index >= 15 is 0 Å². The second-order valence-electron chi connectivity index (χ2n) is 19.8. The third kappa shape index (κ3) is 23.5. The lowest BCUT2D eigenvalue weighted by atomic mass is 9.85.